The van der Waals surface area contributed by atoms with E-state index in [9.17, 15) is 14.4 Å². The second-order valence-electron chi connectivity index (χ2n) is 7.56. The second-order valence-corrected chi connectivity index (χ2v) is 7.56. The first-order valence-corrected chi connectivity index (χ1v) is 9.47. The molecule has 0 heterocycles. The minimum atomic E-state index is -1.07. The van der Waals surface area contributed by atoms with E-state index < -0.39 is 29.6 Å². The summed E-state index contributed by atoms with van der Waals surface area (Å²) in [5.41, 5.74) is -0.265. The quantitative estimate of drug-likeness (QED) is 0.597. The fourth-order valence-corrected chi connectivity index (χ4v) is 2.45. The Kier molecular flexibility index (Phi) is 7.80. The van der Waals surface area contributed by atoms with Crippen LogP contribution in [0.1, 0.15) is 33.6 Å². The number of carboxylic acids is 1. The Bertz CT molecular complexity index is 859. The predicted octanol–water partition coefficient (Wildman–Crippen LogP) is 4.18. The summed E-state index contributed by atoms with van der Waals surface area (Å²) in [6, 6.07) is 14.9. The van der Waals surface area contributed by atoms with Gasteiger partial charge in [-0.15, -0.1) is 0 Å². The van der Waals surface area contributed by atoms with Crippen LogP contribution in [0.4, 0.5) is 10.5 Å². The number of ether oxygens (including phenoxy) is 2. The van der Waals surface area contributed by atoms with Gasteiger partial charge in [0.2, 0.25) is 5.91 Å². The number of anilines is 1. The highest BCUT2D eigenvalue weighted by Gasteiger charge is 2.25. The summed E-state index contributed by atoms with van der Waals surface area (Å²) in [6.45, 7) is 5.08. The van der Waals surface area contributed by atoms with Crippen LogP contribution < -0.4 is 15.4 Å². The number of carbonyl (C=O) groups is 3. The van der Waals surface area contributed by atoms with Gasteiger partial charge < -0.3 is 25.2 Å². The molecule has 2 aromatic carbocycles. The van der Waals surface area contributed by atoms with Crippen LogP contribution in [0.15, 0.2) is 54.6 Å². The highest BCUT2D eigenvalue weighted by molar-refractivity contribution is 5.96. The average Bonchev–Trinajstić information content (AvgIpc) is 2.66. The van der Waals surface area contributed by atoms with E-state index in [1.165, 1.54) is 0 Å². The van der Waals surface area contributed by atoms with Crippen LogP contribution >= 0.6 is 0 Å². The van der Waals surface area contributed by atoms with Gasteiger partial charge in [-0.05, 0) is 63.6 Å². The van der Waals surface area contributed by atoms with Crippen LogP contribution in [0.5, 0.6) is 11.5 Å². The molecule has 0 aliphatic rings. The van der Waals surface area contributed by atoms with Crippen LogP contribution in [0.2, 0.25) is 0 Å². The number of carboxylic acid groups (broad SMARTS) is 1. The third kappa shape index (κ3) is 8.22. The average molecular weight is 414 g/mol. The van der Waals surface area contributed by atoms with Crippen LogP contribution in [0.3, 0.4) is 0 Å². The topological polar surface area (TPSA) is 114 Å². The molecule has 2 aromatic rings. The lowest BCUT2D eigenvalue weighted by Crippen LogP contribution is -2.46. The Morgan fingerprint density at radius 1 is 0.967 bits per heavy atom. The lowest BCUT2D eigenvalue weighted by atomic mass is 10.1. The zero-order valence-electron chi connectivity index (χ0n) is 17.2. The van der Waals surface area contributed by atoms with Gasteiger partial charge in [0.15, 0.2) is 0 Å². The molecule has 30 heavy (non-hydrogen) atoms. The molecule has 1 unspecified atom stereocenters. The Morgan fingerprint density at radius 3 is 2.13 bits per heavy atom. The highest BCUT2D eigenvalue weighted by atomic mass is 16.6. The summed E-state index contributed by atoms with van der Waals surface area (Å²) >= 11 is 0. The van der Waals surface area contributed by atoms with E-state index in [1.807, 2.05) is 30.3 Å². The molecule has 0 saturated heterocycles. The maximum atomic E-state index is 12.6. The summed E-state index contributed by atoms with van der Waals surface area (Å²) in [4.78, 5) is 35.5. The summed E-state index contributed by atoms with van der Waals surface area (Å²) in [5.74, 6) is -0.335. The van der Waals surface area contributed by atoms with Crippen molar-refractivity contribution >= 4 is 23.7 Å². The maximum absolute atomic E-state index is 12.6. The Labute approximate surface area is 175 Å². The monoisotopic (exact) mass is 414 g/mol. The van der Waals surface area contributed by atoms with Crippen molar-refractivity contribution in [3.63, 3.8) is 0 Å². The van der Waals surface area contributed by atoms with E-state index in [2.05, 4.69) is 10.6 Å². The molecular formula is C22H26N2O6. The smallest absolute Gasteiger partial charge is 0.408 e. The van der Waals surface area contributed by atoms with E-state index in [4.69, 9.17) is 14.6 Å². The predicted molar refractivity (Wildman–Crippen MR) is 112 cm³/mol. The number of aliphatic carboxylic acids is 1. The Morgan fingerprint density at radius 2 is 1.57 bits per heavy atom. The molecule has 0 radical (unpaired) electrons. The number of hydrogen-bond acceptors (Lipinski definition) is 5. The minimum Gasteiger partial charge on any atom is -0.481 e. The Hall–Kier alpha value is -3.55. The summed E-state index contributed by atoms with van der Waals surface area (Å²) in [5, 5.41) is 14.0. The molecule has 0 spiro atoms. The molecule has 3 N–H and O–H groups in total. The molecule has 0 aliphatic heterocycles. The van der Waals surface area contributed by atoms with Gasteiger partial charge in [-0.1, -0.05) is 18.2 Å². The fourth-order valence-electron chi connectivity index (χ4n) is 2.45. The number of nitrogens with one attached hydrogen (secondary N) is 2. The van der Waals surface area contributed by atoms with Crippen molar-refractivity contribution in [3.05, 3.63) is 54.6 Å². The number of amides is 2. The lowest BCUT2D eigenvalue weighted by Gasteiger charge is -2.23. The maximum Gasteiger partial charge on any atom is 0.408 e. The van der Waals surface area contributed by atoms with Gasteiger partial charge in [0, 0.05) is 12.1 Å². The van der Waals surface area contributed by atoms with Gasteiger partial charge >= 0.3 is 12.1 Å². The molecule has 0 fully saturated rings. The number of alkyl carbamates (subject to hydrolysis) is 1. The SMILES string of the molecule is CC(C)(C)OC(=O)NC(CCC(=O)O)C(=O)Nc1ccc(Oc2ccccc2)cc1. The van der Waals surface area contributed by atoms with E-state index >= 15 is 0 Å². The summed E-state index contributed by atoms with van der Waals surface area (Å²) in [7, 11) is 0. The molecule has 8 nitrogen and oxygen atoms in total. The fraction of sp³-hybridized carbons (Fsp3) is 0.318. The van der Waals surface area contributed by atoms with E-state index in [1.54, 1.807) is 45.0 Å². The highest BCUT2D eigenvalue weighted by Crippen LogP contribution is 2.22. The molecule has 0 aromatic heterocycles. The van der Waals surface area contributed by atoms with E-state index in [0.717, 1.165) is 0 Å². The summed E-state index contributed by atoms with van der Waals surface area (Å²) in [6.07, 6.45) is -1.15. The first-order chi connectivity index (χ1) is 14.1. The zero-order valence-corrected chi connectivity index (χ0v) is 17.2. The van der Waals surface area contributed by atoms with Gasteiger partial charge in [-0.3, -0.25) is 9.59 Å². The van der Waals surface area contributed by atoms with Crippen LogP contribution in [-0.4, -0.2) is 34.7 Å². The molecule has 0 bridgehead atoms. The third-order valence-electron chi connectivity index (χ3n) is 3.76. The van der Waals surface area contributed by atoms with Crippen LogP contribution in [0, 0.1) is 0 Å². The molecule has 0 saturated carbocycles. The van der Waals surface area contributed by atoms with Gasteiger partial charge in [0.05, 0.1) is 0 Å². The van der Waals surface area contributed by atoms with Crippen molar-refractivity contribution in [1.82, 2.24) is 5.32 Å². The van der Waals surface area contributed by atoms with Crippen molar-refractivity contribution in [2.24, 2.45) is 0 Å². The molecule has 160 valence electrons. The molecule has 2 amide bonds. The molecule has 1 atom stereocenters. The molecule has 0 aliphatic carbocycles. The number of rotatable bonds is 8. The summed E-state index contributed by atoms with van der Waals surface area (Å²) < 4.78 is 10.9. The number of benzene rings is 2. The van der Waals surface area contributed by atoms with Crippen molar-refractivity contribution in [3.8, 4) is 11.5 Å². The minimum absolute atomic E-state index is 0.0738. The van der Waals surface area contributed by atoms with Crippen LogP contribution in [-0.2, 0) is 14.3 Å². The van der Waals surface area contributed by atoms with Gasteiger partial charge in [-0.2, -0.15) is 0 Å². The normalized spacial score (nSPS) is 11.8. The van der Waals surface area contributed by atoms with Crippen molar-refractivity contribution < 1.29 is 29.0 Å². The van der Waals surface area contributed by atoms with Crippen molar-refractivity contribution in [1.29, 1.82) is 0 Å². The van der Waals surface area contributed by atoms with E-state index in [-0.39, 0.29) is 12.8 Å². The molecular weight excluding hydrogens is 388 g/mol. The standard InChI is InChI=1S/C22H26N2O6/c1-22(2,3)30-21(28)24-18(13-14-19(25)26)20(27)23-15-9-11-17(12-10-15)29-16-7-5-4-6-8-16/h4-12,18H,13-14H2,1-3H3,(H,23,27)(H,24,28)(H,25,26). The molecule has 8 heteroatoms. The lowest BCUT2D eigenvalue weighted by molar-refractivity contribution is -0.137. The zero-order chi connectivity index (χ0) is 22.1. The van der Waals surface area contributed by atoms with Gasteiger partial charge in [0.1, 0.15) is 23.1 Å². The van der Waals surface area contributed by atoms with Gasteiger partial charge in [0.25, 0.3) is 0 Å². The van der Waals surface area contributed by atoms with E-state index in [0.29, 0.717) is 17.2 Å². The number of carbonyl (C=O) groups excluding carboxylic acids is 2. The second kappa shape index (κ2) is 10.3. The van der Waals surface area contributed by atoms with Gasteiger partial charge in [-0.25, -0.2) is 4.79 Å². The number of para-hydroxylation sites is 1. The third-order valence-corrected chi connectivity index (χ3v) is 3.76. The molecule has 2 rings (SSSR count). The van der Waals surface area contributed by atoms with Crippen molar-refractivity contribution in [2.45, 2.75) is 45.3 Å². The van der Waals surface area contributed by atoms with Crippen LogP contribution in [0.25, 0.3) is 0 Å². The first kappa shape index (κ1) is 22.7. The Balaban J connectivity index is 2.00. The first-order valence-electron chi connectivity index (χ1n) is 9.47. The van der Waals surface area contributed by atoms with Crippen molar-refractivity contribution in [2.75, 3.05) is 5.32 Å². The largest absolute Gasteiger partial charge is 0.481 e. The number of hydrogen-bond donors (Lipinski definition) is 3.